The van der Waals surface area contributed by atoms with Crippen molar-refractivity contribution in [3.63, 3.8) is 0 Å². The van der Waals surface area contributed by atoms with Crippen molar-refractivity contribution in [2.45, 2.75) is 13.0 Å². The number of fused-ring (bicyclic) bond motifs is 1. The van der Waals surface area contributed by atoms with Gasteiger partial charge in [-0.2, -0.15) is 5.10 Å². The van der Waals surface area contributed by atoms with E-state index in [0.29, 0.717) is 24.3 Å². The highest BCUT2D eigenvalue weighted by Crippen LogP contribution is 2.26. The van der Waals surface area contributed by atoms with Crippen molar-refractivity contribution < 1.29 is 27.8 Å². The third-order valence-corrected chi connectivity index (χ3v) is 3.27. The molecule has 0 unspecified atom stereocenters. The van der Waals surface area contributed by atoms with E-state index >= 15 is 0 Å². The SMILES string of the molecule is O=C(O)c1nn(-c2ccc(F)c(F)c2F)c2c1COCC2. The second kappa shape index (κ2) is 4.88. The van der Waals surface area contributed by atoms with Gasteiger partial charge in [-0.25, -0.2) is 22.6 Å². The Hall–Kier alpha value is -2.35. The van der Waals surface area contributed by atoms with Crippen LogP contribution >= 0.6 is 0 Å². The highest BCUT2D eigenvalue weighted by Gasteiger charge is 2.27. The minimum atomic E-state index is -1.62. The number of aromatic nitrogens is 2. The second-order valence-corrected chi connectivity index (χ2v) is 4.49. The molecule has 2 aromatic rings. The van der Waals surface area contributed by atoms with Crippen molar-refractivity contribution in [3.05, 3.63) is 46.5 Å². The number of aromatic carboxylic acids is 1. The number of rotatable bonds is 2. The van der Waals surface area contributed by atoms with E-state index < -0.39 is 23.4 Å². The summed E-state index contributed by atoms with van der Waals surface area (Å²) in [6.07, 6.45) is 0.300. The van der Waals surface area contributed by atoms with E-state index in [1.165, 1.54) is 0 Å². The van der Waals surface area contributed by atoms with Crippen molar-refractivity contribution in [3.8, 4) is 5.69 Å². The lowest BCUT2D eigenvalue weighted by Crippen LogP contribution is -2.14. The fourth-order valence-corrected chi connectivity index (χ4v) is 2.29. The standard InChI is InChI=1S/C13H9F3N2O3/c14-7-1-2-9(11(16)10(7)15)18-8-3-4-21-5-6(8)12(17-18)13(19)20/h1-2H,3-5H2,(H,19,20). The first kappa shape index (κ1) is 13.6. The van der Waals surface area contributed by atoms with Crippen LogP contribution in [0.15, 0.2) is 12.1 Å². The van der Waals surface area contributed by atoms with Gasteiger partial charge in [0.25, 0.3) is 0 Å². The Morgan fingerprint density at radius 1 is 1.29 bits per heavy atom. The zero-order chi connectivity index (χ0) is 15.1. The number of nitrogens with zero attached hydrogens (tertiary/aromatic N) is 2. The lowest BCUT2D eigenvalue weighted by atomic mass is 10.1. The first-order chi connectivity index (χ1) is 10.0. The van der Waals surface area contributed by atoms with E-state index in [4.69, 9.17) is 9.84 Å². The summed E-state index contributed by atoms with van der Waals surface area (Å²) >= 11 is 0. The predicted octanol–water partition coefficient (Wildman–Crippen LogP) is 2.06. The van der Waals surface area contributed by atoms with Gasteiger partial charge in [-0.15, -0.1) is 0 Å². The lowest BCUT2D eigenvalue weighted by molar-refractivity contribution is 0.0677. The largest absolute Gasteiger partial charge is 0.476 e. The Labute approximate surface area is 116 Å². The third kappa shape index (κ3) is 2.07. The molecular formula is C13H9F3N2O3. The maximum atomic E-state index is 13.9. The Balaban J connectivity index is 2.24. The molecule has 0 saturated carbocycles. The van der Waals surface area contributed by atoms with Crippen LogP contribution in [0, 0.1) is 17.5 Å². The van der Waals surface area contributed by atoms with Gasteiger partial charge in [0, 0.05) is 12.0 Å². The second-order valence-electron chi connectivity index (χ2n) is 4.49. The average Bonchev–Trinajstić information content (AvgIpc) is 2.85. The summed E-state index contributed by atoms with van der Waals surface area (Å²) in [5, 5.41) is 12.9. The molecule has 110 valence electrons. The molecule has 0 fully saturated rings. The van der Waals surface area contributed by atoms with Gasteiger partial charge in [-0.3, -0.25) is 0 Å². The summed E-state index contributed by atoms with van der Waals surface area (Å²) in [5.74, 6) is -5.65. The number of hydrogen-bond acceptors (Lipinski definition) is 3. The van der Waals surface area contributed by atoms with Crippen molar-refractivity contribution in [1.29, 1.82) is 0 Å². The molecule has 0 saturated heterocycles. The van der Waals surface area contributed by atoms with Gasteiger partial charge in [0.2, 0.25) is 0 Å². The monoisotopic (exact) mass is 298 g/mol. The molecule has 2 heterocycles. The van der Waals surface area contributed by atoms with Gasteiger partial charge in [-0.1, -0.05) is 0 Å². The van der Waals surface area contributed by atoms with Crippen molar-refractivity contribution >= 4 is 5.97 Å². The van der Waals surface area contributed by atoms with Gasteiger partial charge in [-0.05, 0) is 12.1 Å². The quantitative estimate of drug-likeness (QED) is 0.862. The normalized spacial score (nSPS) is 14.0. The summed E-state index contributed by atoms with van der Waals surface area (Å²) in [6.45, 7) is 0.339. The third-order valence-electron chi connectivity index (χ3n) is 3.27. The lowest BCUT2D eigenvalue weighted by Gasteiger charge is -2.15. The van der Waals surface area contributed by atoms with Gasteiger partial charge >= 0.3 is 5.97 Å². The molecule has 1 N–H and O–H groups in total. The van der Waals surface area contributed by atoms with Crippen LogP contribution in [0.25, 0.3) is 5.69 Å². The Morgan fingerprint density at radius 2 is 2.05 bits per heavy atom. The van der Waals surface area contributed by atoms with E-state index in [-0.39, 0.29) is 18.0 Å². The molecule has 0 aliphatic carbocycles. The van der Waals surface area contributed by atoms with E-state index in [0.717, 1.165) is 16.8 Å². The van der Waals surface area contributed by atoms with Crippen LogP contribution in [-0.2, 0) is 17.8 Å². The zero-order valence-electron chi connectivity index (χ0n) is 10.6. The maximum absolute atomic E-state index is 13.9. The topological polar surface area (TPSA) is 64.3 Å². The molecule has 8 heteroatoms. The van der Waals surface area contributed by atoms with Crippen LogP contribution < -0.4 is 0 Å². The van der Waals surface area contributed by atoms with Gasteiger partial charge in [0.1, 0.15) is 5.69 Å². The average molecular weight is 298 g/mol. The molecule has 1 aliphatic rings. The fourth-order valence-electron chi connectivity index (χ4n) is 2.29. The molecule has 21 heavy (non-hydrogen) atoms. The van der Waals surface area contributed by atoms with Crippen molar-refractivity contribution in [1.82, 2.24) is 9.78 Å². The van der Waals surface area contributed by atoms with E-state index in [1.54, 1.807) is 0 Å². The Bertz CT molecular complexity index is 743. The predicted molar refractivity (Wildman–Crippen MR) is 63.8 cm³/mol. The number of carboxylic acid groups (broad SMARTS) is 1. The van der Waals surface area contributed by atoms with Crippen LogP contribution in [0.4, 0.5) is 13.2 Å². The smallest absolute Gasteiger partial charge is 0.356 e. The molecule has 0 amide bonds. The summed E-state index contributed by atoms with van der Waals surface area (Å²) in [7, 11) is 0. The van der Waals surface area contributed by atoms with Crippen molar-refractivity contribution in [2.24, 2.45) is 0 Å². The van der Waals surface area contributed by atoms with Crippen LogP contribution in [0.5, 0.6) is 0 Å². The number of carbonyl (C=O) groups is 1. The number of hydrogen-bond donors (Lipinski definition) is 1. The number of ether oxygens (including phenoxy) is 1. The number of benzene rings is 1. The van der Waals surface area contributed by atoms with Gasteiger partial charge in [0.05, 0.1) is 18.9 Å². The highest BCUT2D eigenvalue weighted by molar-refractivity contribution is 5.87. The van der Waals surface area contributed by atoms with Crippen LogP contribution in [0.1, 0.15) is 21.7 Å². The molecule has 3 rings (SSSR count). The Kier molecular flexibility index (Phi) is 3.17. The zero-order valence-corrected chi connectivity index (χ0v) is 10.6. The van der Waals surface area contributed by atoms with E-state index in [1.807, 2.05) is 0 Å². The molecular weight excluding hydrogens is 289 g/mol. The molecule has 0 spiro atoms. The molecule has 5 nitrogen and oxygen atoms in total. The first-order valence-corrected chi connectivity index (χ1v) is 6.06. The molecule has 1 aromatic carbocycles. The number of halogens is 3. The summed E-state index contributed by atoms with van der Waals surface area (Å²) in [5.41, 5.74) is 0.120. The summed E-state index contributed by atoms with van der Waals surface area (Å²) in [4.78, 5) is 11.2. The minimum Gasteiger partial charge on any atom is -0.476 e. The minimum absolute atomic E-state index is 0.0300. The summed E-state index contributed by atoms with van der Waals surface area (Å²) in [6, 6.07) is 1.78. The molecule has 1 aromatic heterocycles. The van der Waals surface area contributed by atoms with Crippen LogP contribution in [0.2, 0.25) is 0 Å². The van der Waals surface area contributed by atoms with Crippen LogP contribution in [0.3, 0.4) is 0 Å². The molecule has 1 aliphatic heterocycles. The van der Waals surface area contributed by atoms with E-state index in [9.17, 15) is 18.0 Å². The van der Waals surface area contributed by atoms with Gasteiger partial charge < -0.3 is 9.84 Å². The van der Waals surface area contributed by atoms with Gasteiger partial charge in [0.15, 0.2) is 23.1 Å². The highest BCUT2D eigenvalue weighted by atomic mass is 19.2. The fraction of sp³-hybridized carbons (Fsp3) is 0.231. The van der Waals surface area contributed by atoms with Crippen LogP contribution in [-0.4, -0.2) is 27.5 Å². The molecule has 0 bridgehead atoms. The first-order valence-electron chi connectivity index (χ1n) is 6.06. The Morgan fingerprint density at radius 3 is 2.76 bits per heavy atom. The summed E-state index contributed by atoms with van der Waals surface area (Å²) < 4.78 is 46.4. The maximum Gasteiger partial charge on any atom is 0.356 e. The molecule has 0 atom stereocenters. The number of carboxylic acids is 1. The molecule has 0 radical (unpaired) electrons. The van der Waals surface area contributed by atoms with Crippen molar-refractivity contribution in [2.75, 3.05) is 6.61 Å². The van der Waals surface area contributed by atoms with E-state index in [2.05, 4.69) is 5.10 Å².